The predicted octanol–water partition coefficient (Wildman–Crippen LogP) is 1.05. The van der Waals surface area contributed by atoms with E-state index in [0.717, 1.165) is 24.3 Å². The highest BCUT2D eigenvalue weighted by atomic mass is 32.2. The van der Waals surface area contributed by atoms with Gasteiger partial charge in [-0.25, -0.2) is 18.5 Å². The molecule has 13 nitrogen and oxygen atoms in total. The number of phenolic OH excluding ortho intramolecular Hbond substituents is 2. The van der Waals surface area contributed by atoms with E-state index in [1.54, 1.807) is 18.2 Å². The van der Waals surface area contributed by atoms with Crippen molar-refractivity contribution in [3.05, 3.63) is 59.7 Å². The Balaban J connectivity index is 1.96. The lowest BCUT2D eigenvalue weighted by atomic mass is 9.96. The fraction of sp³-hybridized carbons (Fsp3) is 0.0435. The number of nitrogens with two attached hydrogens (primary N) is 2. The van der Waals surface area contributed by atoms with Crippen molar-refractivity contribution < 1.29 is 33.3 Å². The van der Waals surface area contributed by atoms with Gasteiger partial charge >= 0.3 is 5.97 Å². The summed E-state index contributed by atoms with van der Waals surface area (Å²) in [6.45, 7) is -0.686. The van der Waals surface area contributed by atoms with Crippen LogP contribution < -0.4 is 16.2 Å². The first-order valence-corrected chi connectivity index (χ1v) is 12.0. The number of phenols is 2. The summed E-state index contributed by atoms with van der Waals surface area (Å²) in [6.07, 6.45) is 0. The van der Waals surface area contributed by atoms with Crippen LogP contribution in [0.5, 0.6) is 11.5 Å². The average Bonchev–Trinajstić information content (AvgIpc) is 3.25. The molecule has 4 aromatic rings. The number of aromatic amines is 1. The number of carbonyl (C=O) groups is 2. The number of nitrogens with one attached hydrogen (secondary N) is 3. The van der Waals surface area contributed by atoms with E-state index in [1.165, 1.54) is 6.07 Å². The number of benzene rings is 3. The van der Waals surface area contributed by atoms with E-state index in [2.05, 4.69) is 15.3 Å². The fourth-order valence-corrected chi connectivity index (χ4v) is 4.16. The first-order chi connectivity index (χ1) is 17.3. The van der Waals surface area contributed by atoms with Crippen molar-refractivity contribution in [2.75, 3.05) is 6.54 Å². The third-order valence-electron chi connectivity index (χ3n) is 5.41. The summed E-state index contributed by atoms with van der Waals surface area (Å²) in [5.41, 5.74) is 6.41. The largest absolute Gasteiger partial charge is 0.507 e. The molecular weight excluding hydrogens is 504 g/mol. The van der Waals surface area contributed by atoms with Gasteiger partial charge in [-0.1, -0.05) is 0 Å². The summed E-state index contributed by atoms with van der Waals surface area (Å²) in [4.78, 5) is 30.7. The van der Waals surface area contributed by atoms with Gasteiger partial charge in [-0.05, 0) is 48.5 Å². The molecule has 0 saturated heterocycles. The average molecular weight is 525 g/mol. The molecule has 190 valence electrons. The number of hydrogen-bond donors (Lipinski definition) is 8. The second-order valence-corrected chi connectivity index (χ2v) is 9.51. The Morgan fingerprint density at radius 3 is 2.35 bits per heavy atom. The highest BCUT2D eigenvalue weighted by Gasteiger charge is 2.22. The van der Waals surface area contributed by atoms with Gasteiger partial charge < -0.3 is 31.4 Å². The molecule has 0 aliphatic carbocycles. The smallest absolute Gasteiger partial charge is 0.322 e. The number of amidine groups is 1. The summed E-state index contributed by atoms with van der Waals surface area (Å²) in [6, 6.07) is 10.3. The van der Waals surface area contributed by atoms with Crippen LogP contribution in [0.2, 0.25) is 0 Å². The van der Waals surface area contributed by atoms with E-state index in [-0.39, 0.29) is 38.8 Å². The number of hydrogen-bond acceptors (Lipinski definition) is 8. The molecule has 10 N–H and O–H groups in total. The number of amides is 1. The van der Waals surface area contributed by atoms with Crippen molar-refractivity contribution in [2.24, 2.45) is 10.9 Å². The molecule has 0 unspecified atom stereocenters. The highest BCUT2D eigenvalue weighted by Crippen LogP contribution is 2.42. The molecule has 1 aromatic heterocycles. The number of sulfonamides is 1. The molecule has 0 aliphatic rings. The Labute approximate surface area is 208 Å². The summed E-state index contributed by atoms with van der Waals surface area (Å²) in [5, 5.41) is 45.6. The summed E-state index contributed by atoms with van der Waals surface area (Å²) in [5.74, 6) is -3.09. The van der Waals surface area contributed by atoms with E-state index < -0.39 is 39.9 Å². The number of nitrogen functional groups attached to an aromatic ring is 1. The number of carboxylic acids is 1. The summed E-state index contributed by atoms with van der Waals surface area (Å²) in [7, 11) is -4.18. The predicted molar refractivity (Wildman–Crippen MR) is 133 cm³/mol. The second-order valence-electron chi connectivity index (χ2n) is 7.95. The van der Waals surface area contributed by atoms with E-state index in [9.17, 15) is 28.2 Å². The lowest BCUT2D eigenvalue weighted by Gasteiger charge is -2.14. The molecule has 37 heavy (non-hydrogen) atoms. The fourth-order valence-electron chi connectivity index (χ4n) is 3.62. The molecule has 0 bridgehead atoms. The number of rotatable bonds is 7. The summed E-state index contributed by atoms with van der Waals surface area (Å²) >= 11 is 0. The lowest BCUT2D eigenvalue weighted by Crippen LogP contribution is -2.29. The second kappa shape index (κ2) is 9.25. The Kier molecular flexibility index (Phi) is 6.29. The first kappa shape index (κ1) is 25.2. The van der Waals surface area contributed by atoms with Gasteiger partial charge in [-0.3, -0.25) is 15.0 Å². The Bertz CT molecular complexity index is 1710. The maximum absolute atomic E-state index is 12.7. The number of fused-ring (bicyclic) bond motifs is 1. The maximum atomic E-state index is 12.7. The Morgan fingerprint density at radius 1 is 1.00 bits per heavy atom. The topological polar surface area (TPSA) is 246 Å². The number of carboxylic acid groups (broad SMARTS) is 1. The quantitative estimate of drug-likeness (QED) is 0.127. The number of aliphatic carboxylic acids is 1. The monoisotopic (exact) mass is 524 g/mol. The maximum Gasteiger partial charge on any atom is 0.322 e. The van der Waals surface area contributed by atoms with Gasteiger partial charge in [0.05, 0.1) is 21.5 Å². The van der Waals surface area contributed by atoms with E-state index in [1.807, 2.05) is 0 Å². The van der Waals surface area contributed by atoms with Crippen LogP contribution in [-0.4, -0.2) is 58.0 Å². The number of carbonyl (C=O) groups excluding carboxylic acids is 1. The molecule has 0 fully saturated rings. The van der Waals surface area contributed by atoms with Crippen molar-refractivity contribution >= 4 is 38.8 Å². The van der Waals surface area contributed by atoms with Gasteiger partial charge in [0.1, 0.15) is 29.7 Å². The molecule has 0 aliphatic heterocycles. The number of aromatic nitrogens is 2. The van der Waals surface area contributed by atoms with Gasteiger partial charge in [0.25, 0.3) is 5.91 Å². The number of nitrogens with zero attached hydrogens (tertiary/aromatic N) is 1. The molecular formula is C23H20N6O7S. The van der Waals surface area contributed by atoms with Gasteiger partial charge in [-0.15, -0.1) is 0 Å². The van der Waals surface area contributed by atoms with Crippen molar-refractivity contribution in [1.82, 2.24) is 15.3 Å². The minimum Gasteiger partial charge on any atom is -0.507 e. The van der Waals surface area contributed by atoms with E-state index >= 15 is 0 Å². The number of aromatic hydroxyl groups is 2. The zero-order valence-corrected chi connectivity index (χ0v) is 19.6. The summed E-state index contributed by atoms with van der Waals surface area (Å²) < 4.78 is 23.7. The minimum absolute atomic E-state index is 0.0149. The van der Waals surface area contributed by atoms with Crippen LogP contribution in [0.4, 0.5) is 0 Å². The standard InChI is InChI=1S/C23H20N6O7S/c24-21(25)10-1-3-16-17(7-10)29-22(28-16)15-6-11(23(34)27-9-19(31)32)5-14(20(15)33)13-8-12(37(26,35)36)2-4-18(13)30/h1-8,30,33H,9H2,(H3,24,25)(H,27,34)(H,28,29)(H,31,32)(H2,26,35,36). The molecule has 0 spiro atoms. The van der Waals surface area contributed by atoms with Gasteiger partial charge in [0.2, 0.25) is 10.0 Å². The molecule has 1 amide bonds. The minimum atomic E-state index is -4.18. The lowest BCUT2D eigenvalue weighted by molar-refractivity contribution is -0.135. The molecule has 4 rings (SSSR count). The third-order valence-corrected chi connectivity index (χ3v) is 6.32. The molecule has 0 saturated carbocycles. The van der Waals surface area contributed by atoms with Crippen LogP contribution in [0.1, 0.15) is 15.9 Å². The first-order valence-electron chi connectivity index (χ1n) is 10.4. The third kappa shape index (κ3) is 5.05. The Hall–Kier alpha value is -4.95. The van der Waals surface area contributed by atoms with E-state index in [4.69, 9.17) is 21.4 Å². The van der Waals surface area contributed by atoms with Gasteiger partial charge in [0.15, 0.2) is 0 Å². The molecule has 0 radical (unpaired) electrons. The van der Waals surface area contributed by atoms with Crippen molar-refractivity contribution in [2.45, 2.75) is 4.90 Å². The molecule has 3 aromatic carbocycles. The van der Waals surface area contributed by atoms with Crippen molar-refractivity contribution in [1.29, 1.82) is 5.41 Å². The van der Waals surface area contributed by atoms with Crippen molar-refractivity contribution in [3.8, 4) is 34.0 Å². The molecule has 0 atom stereocenters. The van der Waals surface area contributed by atoms with Crippen LogP contribution in [0.25, 0.3) is 33.5 Å². The van der Waals surface area contributed by atoms with E-state index in [0.29, 0.717) is 16.6 Å². The van der Waals surface area contributed by atoms with Gasteiger partial charge in [-0.2, -0.15) is 0 Å². The molecule has 14 heteroatoms. The molecule has 1 heterocycles. The zero-order chi connectivity index (χ0) is 27.1. The SMILES string of the molecule is N=C(N)c1ccc2[nH]c(-c3cc(C(=O)NCC(=O)O)cc(-c4cc(S(N)(=O)=O)ccc4O)c3O)nc2c1. The normalized spacial score (nSPS) is 11.4. The number of primary sulfonamides is 1. The van der Waals surface area contributed by atoms with Crippen LogP contribution >= 0.6 is 0 Å². The van der Waals surface area contributed by atoms with Crippen LogP contribution in [0, 0.1) is 5.41 Å². The highest BCUT2D eigenvalue weighted by molar-refractivity contribution is 7.89. The van der Waals surface area contributed by atoms with Crippen LogP contribution in [0.3, 0.4) is 0 Å². The van der Waals surface area contributed by atoms with Gasteiger partial charge in [0, 0.05) is 22.3 Å². The van der Waals surface area contributed by atoms with Crippen molar-refractivity contribution in [3.63, 3.8) is 0 Å². The Morgan fingerprint density at radius 2 is 1.70 bits per heavy atom. The van der Waals surface area contributed by atoms with Crippen LogP contribution in [-0.2, 0) is 14.8 Å². The zero-order valence-electron chi connectivity index (χ0n) is 18.8. The number of H-pyrrole nitrogens is 1. The number of imidazole rings is 1. The van der Waals surface area contributed by atoms with Crippen LogP contribution in [0.15, 0.2) is 53.4 Å².